The number of benzene rings is 5. The van der Waals surface area contributed by atoms with Crippen LogP contribution in [0.4, 0.5) is 0 Å². The zero-order valence-electron chi connectivity index (χ0n) is 23.7. The van der Waals surface area contributed by atoms with Gasteiger partial charge in [0.15, 0.2) is 6.10 Å². The highest BCUT2D eigenvalue weighted by Gasteiger charge is 2.40. The average Bonchev–Trinajstić information content (AvgIpc) is 3.08. The topological polar surface area (TPSA) is 9.23 Å². The Hall–Kier alpha value is -4.28. The highest BCUT2D eigenvalue weighted by atomic mass is 31.1. The van der Waals surface area contributed by atoms with Crippen molar-refractivity contribution in [2.75, 3.05) is 0 Å². The molecule has 0 N–H and O–H groups in total. The second-order valence-electron chi connectivity index (χ2n) is 10.9. The normalized spacial score (nSPS) is 16.7. The molecule has 0 bridgehead atoms. The molecule has 0 fully saturated rings. The van der Waals surface area contributed by atoms with Crippen LogP contribution in [0.5, 0.6) is 5.75 Å². The molecule has 0 radical (unpaired) electrons. The van der Waals surface area contributed by atoms with Gasteiger partial charge in [-0.2, -0.15) is 0 Å². The van der Waals surface area contributed by atoms with Gasteiger partial charge in [-0.3, -0.25) is 0 Å². The summed E-state index contributed by atoms with van der Waals surface area (Å²) in [4.78, 5) is 0. The van der Waals surface area contributed by atoms with Crippen LogP contribution >= 0.6 is 15.8 Å². The van der Waals surface area contributed by atoms with Crippen LogP contribution in [-0.2, 0) is 0 Å². The summed E-state index contributed by atoms with van der Waals surface area (Å²) in [6.07, 6.45) is 10.2. The summed E-state index contributed by atoms with van der Waals surface area (Å²) in [7, 11) is -1.62. The molecule has 3 aliphatic rings. The lowest BCUT2D eigenvalue weighted by Crippen LogP contribution is -2.35. The van der Waals surface area contributed by atoms with Crippen molar-refractivity contribution >= 4 is 47.9 Å². The van der Waals surface area contributed by atoms with Gasteiger partial charge in [-0.15, -0.1) is 0 Å². The SMILES string of the molecule is C1=CC2=C3C(=CC=C(P(c4ccccc4)c4ccccc4)C3Oc3c2cccc3P(c2ccccc2)c2ccccc2)C1. The van der Waals surface area contributed by atoms with Gasteiger partial charge in [0.05, 0.1) is 0 Å². The monoisotopic (exact) mass is 588 g/mol. The zero-order chi connectivity index (χ0) is 28.6. The van der Waals surface area contributed by atoms with Gasteiger partial charge in [0.25, 0.3) is 0 Å². The van der Waals surface area contributed by atoms with Gasteiger partial charge < -0.3 is 4.74 Å². The number of fused-ring (bicyclic) bond motifs is 2. The molecule has 2 aliphatic carbocycles. The Morgan fingerprint density at radius 3 is 1.63 bits per heavy atom. The number of rotatable bonds is 6. The maximum atomic E-state index is 7.40. The predicted molar refractivity (Wildman–Crippen MR) is 185 cm³/mol. The fourth-order valence-corrected chi connectivity index (χ4v) is 11.3. The summed E-state index contributed by atoms with van der Waals surface area (Å²) in [5, 5.41) is 7.97. The fraction of sp³-hybridized carbons (Fsp3) is 0.0500. The van der Waals surface area contributed by atoms with E-state index in [9.17, 15) is 0 Å². The van der Waals surface area contributed by atoms with E-state index in [1.165, 1.54) is 54.1 Å². The molecule has 8 rings (SSSR count). The van der Waals surface area contributed by atoms with Crippen LogP contribution in [0.1, 0.15) is 12.0 Å². The van der Waals surface area contributed by atoms with Crippen LogP contribution in [0.3, 0.4) is 0 Å². The van der Waals surface area contributed by atoms with Gasteiger partial charge in [0.1, 0.15) is 5.75 Å². The van der Waals surface area contributed by atoms with E-state index in [-0.39, 0.29) is 6.10 Å². The molecular formula is C40H30OP2. The van der Waals surface area contributed by atoms with Gasteiger partial charge >= 0.3 is 0 Å². The highest BCUT2D eigenvalue weighted by Crippen LogP contribution is 2.55. The fourth-order valence-electron chi connectivity index (χ4n) is 6.45. The molecule has 1 heterocycles. The van der Waals surface area contributed by atoms with Crippen molar-refractivity contribution in [1.82, 2.24) is 0 Å². The molecule has 0 saturated heterocycles. The molecule has 43 heavy (non-hydrogen) atoms. The lowest BCUT2D eigenvalue weighted by atomic mass is 9.81. The van der Waals surface area contributed by atoms with E-state index in [4.69, 9.17) is 4.74 Å². The molecule has 0 aromatic heterocycles. The first-order valence-corrected chi connectivity index (χ1v) is 17.5. The van der Waals surface area contributed by atoms with Crippen LogP contribution in [0.2, 0.25) is 0 Å². The largest absolute Gasteiger partial charge is 0.480 e. The van der Waals surface area contributed by atoms with E-state index in [2.05, 4.69) is 164 Å². The first-order chi connectivity index (χ1) is 21.4. The smallest absolute Gasteiger partial charge is 0.151 e. The van der Waals surface area contributed by atoms with Gasteiger partial charge in [0.2, 0.25) is 0 Å². The van der Waals surface area contributed by atoms with E-state index in [1.807, 2.05) is 0 Å². The van der Waals surface area contributed by atoms with E-state index in [0.717, 1.165) is 12.2 Å². The van der Waals surface area contributed by atoms with E-state index < -0.39 is 15.8 Å². The Morgan fingerprint density at radius 1 is 0.535 bits per heavy atom. The summed E-state index contributed by atoms with van der Waals surface area (Å²) in [6, 6.07) is 50.6. The summed E-state index contributed by atoms with van der Waals surface area (Å²) < 4.78 is 7.40. The minimum absolute atomic E-state index is 0.136. The predicted octanol–water partition coefficient (Wildman–Crippen LogP) is 7.88. The van der Waals surface area contributed by atoms with Crippen molar-refractivity contribution in [2.45, 2.75) is 12.5 Å². The molecule has 1 aliphatic heterocycles. The Labute approximate surface area is 256 Å². The molecule has 1 nitrogen and oxygen atoms in total. The first-order valence-electron chi connectivity index (χ1n) is 14.8. The number of hydrogen-bond acceptors (Lipinski definition) is 1. The second kappa shape index (κ2) is 11.4. The summed E-state index contributed by atoms with van der Waals surface area (Å²) in [6.45, 7) is 0. The standard InChI is InChI=1S/C40H30OP2/c1-5-16-30(17-6-1)42(31-18-7-2-8-19-31)36-26-14-25-35-34-24-13-15-29-27-28-37(40(38(29)34)41-39(35)36)43(32-20-9-3-10-21-32)33-22-11-4-12-23-33/h1-14,16-28,40H,15H2. The van der Waals surface area contributed by atoms with Crippen LogP contribution < -0.4 is 31.3 Å². The molecule has 206 valence electrons. The number of para-hydroxylation sites is 1. The third-order valence-corrected chi connectivity index (χ3v) is 13.3. The lowest BCUT2D eigenvalue weighted by Gasteiger charge is -2.40. The van der Waals surface area contributed by atoms with Crippen LogP contribution in [0, 0.1) is 0 Å². The summed E-state index contributed by atoms with van der Waals surface area (Å²) >= 11 is 0. The lowest BCUT2D eigenvalue weighted by molar-refractivity contribution is 0.278. The summed E-state index contributed by atoms with van der Waals surface area (Å²) in [5.41, 5.74) is 5.22. The Morgan fingerprint density at radius 2 is 1.07 bits per heavy atom. The van der Waals surface area contributed by atoms with E-state index in [1.54, 1.807) is 0 Å². The van der Waals surface area contributed by atoms with Crippen LogP contribution in [-0.4, -0.2) is 6.10 Å². The minimum Gasteiger partial charge on any atom is -0.480 e. The van der Waals surface area contributed by atoms with Crippen LogP contribution in [0.25, 0.3) is 5.57 Å². The zero-order valence-corrected chi connectivity index (χ0v) is 25.5. The first kappa shape index (κ1) is 26.4. The Bertz CT molecular complexity index is 1830. The van der Waals surface area contributed by atoms with Crippen molar-refractivity contribution < 1.29 is 4.74 Å². The maximum absolute atomic E-state index is 7.40. The number of hydrogen-bond donors (Lipinski definition) is 0. The van der Waals surface area contributed by atoms with E-state index >= 15 is 0 Å². The average molecular weight is 589 g/mol. The molecule has 5 aromatic rings. The quantitative estimate of drug-likeness (QED) is 0.184. The van der Waals surface area contributed by atoms with Crippen molar-refractivity contribution in [1.29, 1.82) is 0 Å². The number of allylic oxidation sites excluding steroid dienone is 5. The van der Waals surface area contributed by atoms with Gasteiger partial charge in [-0.25, -0.2) is 0 Å². The van der Waals surface area contributed by atoms with Crippen LogP contribution in [0.15, 0.2) is 180 Å². The molecular weight excluding hydrogens is 558 g/mol. The molecule has 3 heteroatoms. The van der Waals surface area contributed by atoms with Gasteiger partial charge in [0, 0.05) is 21.8 Å². The molecule has 0 spiro atoms. The number of ether oxygens (including phenoxy) is 1. The van der Waals surface area contributed by atoms with Crippen molar-refractivity contribution in [2.24, 2.45) is 0 Å². The molecule has 1 unspecified atom stereocenters. The molecule has 1 atom stereocenters. The third-order valence-electron chi connectivity index (χ3n) is 8.32. The van der Waals surface area contributed by atoms with E-state index in [0.29, 0.717) is 0 Å². The van der Waals surface area contributed by atoms with Gasteiger partial charge in [-0.05, 0) is 54.6 Å². The van der Waals surface area contributed by atoms with Crippen molar-refractivity contribution in [3.63, 3.8) is 0 Å². The third kappa shape index (κ3) is 4.74. The maximum Gasteiger partial charge on any atom is 0.151 e. The molecule has 0 amide bonds. The molecule has 5 aromatic carbocycles. The summed E-state index contributed by atoms with van der Waals surface area (Å²) in [5.74, 6) is 1.03. The highest BCUT2D eigenvalue weighted by molar-refractivity contribution is 7.80. The molecule has 0 saturated carbocycles. The van der Waals surface area contributed by atoms with Crippen molar-refractivity contribution in [3.05, 3.63) is 186 Å². The minimum atomic E-state index is -0.820. The Kier molecular flexibility index (Phi) is 7.00. The second-order valence-corrected chi connectivity index (χ2v) is 15.3. The van der Waals surface area contributed by atoms with Crippen molar-refractivity contribution in [3.8, 4) is 5.75 Å². The van der Waals surface area contributed by atoms with Gasteiger partial charge in [-0.1, -0.05) is 164 Å². The Balaban J connectivity index is 1.33.